The van der Waals surface area contributed by atoms with Gasteiger partial charge in [0.25, 0.3) is 0 Å². The smallest absolute Gasteiger partial charge is 0.214 e. The zero-order valence-electron chi connectivity index (χ0n) is 15.1. The van der Waals surface area contributed by atoms with E-state index in [1.54, 1.807) is 0 Å². The van der Waals surface area contributed by atoms with Gasteiger partial charge in [-0.15, -0.1) is 24.0 Å². The van der Waals surface area contributed by atoms with Gasteiger partial charge in [-0.2, -0.15) is 0 Å². The minimum Gasteiger partial charge on any atom is -0.388 e. The summed E-state index contributed by atoms with van der Waals surface area (Å²) >= 11 is 0. The van der Waals surface area contributed by atoms with Gasteiger partial charge >= 0.3 is 0 Å². The number of aliphatic hydroxyl groups is 1. The van der Waals surface area contributed by atoms with Crippen molar-refractivity contribution in [2.75, 3.05) is 38.5 Å². The van der Waals surface area contributed by atoms with Crippen molar-refractivity contribution >= 4 is 40.0 Å². The van der Waals surface area contributed by atoms with E-state index in [0.717, 1.165) is 12.1 Å². The molecule has 3 N–H and O–H groups in total. The predicted octanol–water partition coefficient (Wildman–Crippen LogP) is 1.32. The van der Waals surface area contributed by atoms with E-state index < -0.39 is 16.1 Å². The topological polar surface area (TPSA) is 94.0 Å². The Morgan fingerprint density at radius 3 is 2.65 bits per heavy atom. The van der Waals surface area contributed by atoms with E-state index in [9.17, 15) is 13.5 Å². The summed E-state index contributed by atoms with van der Waals surface area (Å²) in [6.45, 7) is 4.72. The van der Waals surface area contributed by atoms with Crippen LogP contribution in [0, 0.1) is 0 Å². The SMILES string of the molecule is CCNC(=NCCC(O)c1ccccc1)NCCN1CCCS1(=O)=O.I. The van der Waals surface area contributed by atoms with Crippen molar-refractivity contribution in [3.8, 4) is 0 Å². The lowest BCUT2D eigenvalue weighted by atomic mass is 10.1. The second-order valence-electron chi connectivity index (χ2n) is 5.97. The van der Waals surface area contributed by atoms with Crippen molar-refractivity contribution in [3.05, 3.63) is 35.9 Å². The average Bonchev–Trinajstić information content (AvgIpc) is 2.94. The van der Waals surface area contributed by atoms with Crippen molar-refractivity contribution in [1.29, 1.82) is 0 Å². The molecule has 0 aromatic heterocycles. The fourth-order valence-corrected chi connectivity index (χ4v) is 4.25. The highest BCUT2D eigenvalue weighted by molar-refractivity contribution is 14.0. The Labute approximate surface area is 173 Å². The molecular formula is C17H29IN4O3S. The van der Waals surface area contributed by atoms with E-state index in [2.05, 4.69) is 15.6 Å². The Kier molecular flexibility index (Phi) is 10.4. The lowest BCUT2D eigenvalue weighted by Gasteiger charge is -2.16. The summed E-state index contributed by atoms with van der Waals surface area (Å²) < 4.78 is 25.1. The molecule has 0 saturated carbocycles. The Hall–Kier alpha value is -0.910. The third-order valence-corrected chi connectivity index (χ3v) is 6.01. The molecule has 1 fully saturated rings. The average molecular weight is 496 g/mol. The van der Waals surface area contributed by atoms with Crippen LogP contribution in [0.25, 0.3) is 0 Å². The molecule has 0 amide bonds. The minimum atomic E-state index is -3.06. The lowest BCUT2D eigenvalue weighted by molar-refractivity contribution is 0.170. The summed E-state index contributed by atoms with van der Waals surface area (Å²) in [6.07, 6.45) is 0.692. The van der Waals surface area contributed by atoms with Crippen molar-refractivity contribution in [2.45, 2.75) is 25.9 Å². The molecule has 148 valence electrons. The van der Waals surface area contributed by atoms with Gasteiger partial charge in [0.2, 0.25) is 10.0 Å². The highest BCUT2D eigenvalue weighted by Gasteiger charge is 2.27. The maximum absolute atomic E-state index is 11.8. The monoisotopic (exact) mass is 496 g/mol. The van der Waals surface area contributed by atoms with Gasteiger partial charge in [0.1, 0.15) is 0 Å². The van der Waals surface area contributed by atoms with E-state index in [0.29, 0.717) is 45.0 Å². The molecule has 26 heavy (non-hydrogen) atoms. The first-order valence-corrected chi connectivity index (χ1v) is 10.4. The van der Waals surface area contributed by atoms with Crippen molar-refractivity contribution in [3.63, 3.8) is 0 Å². The van der Waals surface area contributed by atoms with Crippen LogP contribution >= 0.6 is 24.0 Å². The second kappa shape index (κ2) is 11.7. The maximum Gasteiger partial charge on any atom is 0.214 e. The van der Waals surface area contributed by atoms with E-state index >= 15 is 0 Å². The fourth-order valence-electron chi connectivity index (χ4n) is 2.72. The van der Waals surface area contributed by atoms with Gasteiger partial charge in [0, 0.05) is 32.7 Å². The molecule has 1 saturated heterocycles. The van der Waals surface area contributed by atoms with Crippen LogP contribution < -0.4 is 10.6 Å². The minimum absolute atomic E-state index is 0. The van der Waals surface area contributed by atoms with Crippen LogP contribution in [0.5, 0.6) is 0 Å². The third kappa shape index (κ3) is 7.37. The molecule has 0 bridgehead atoms. The zero-order valence-corrected chi connectivity index (χ0v) is 18.2. The summed E-state index contributed by atoms with van der Waals surface area (Å²) in [5.74, 6) is 0.887. The molecule has 7 nitrogen and oxygen atoms in total. The first-order chi connectivity index (χ1) is 12.0. The van der Waals surface area contributed by atoms with Gasteiger partial charge in [0.05, 0.1) is 11.9 Å². The van der Waals surface area contributed by atoms with Crippen LogP contribution in [0.4, 0.5) is 0 Å². The summed E-state index contributed by atoms with van der Waals surface area (Å²) in [5, 5.41) is 16.4. The molecule has 1 aromatic rings. The largest absolute Gasteiger partial charge is 0.388 e. The van der Waals surface area contributed by atoms with Crippen LogP contribution in [0.1, 0.15) is 31.4 Å². The van der Waals surface area contributed by atoms with Gasteiger partial charge in [-0.05, 0) is 25.3 Å². The van der Waals surface area contributed by atoms with Crippen LogP contribution in [0.15, 0.2) is 35.3 Å². The molecule has 1 heterocycles. The number of nitrogens with zero attached hydrogens (tertiary/aromatic N) is 2. The number of halogens is 1. The number of hydrogen-bond acceptors (Lipinski definition) is 4. The molecule has 1 atom stereocenters. The van der Waals surface area contributed by atoms with Crippen LogP contribution in [0.3, 0.4) is 0 Å². The maximum atomic E-state index is 11.8. The zero-order chi connectivity index (χ0) is 18.1. The molecule has 1 aliphatic heterocycles. The quantitative estimate of drug-likeness (QED) is 0.287. The van der Waals surface area contributed by atoms with Gasteiger partial charge in [-0.1, -0.05) is 30.3 Å². The van der Waals surface area contributed by atoms with Gasteiger partial charge in [-0.3, -0.25) is 4.99 Å². The highest BCUT2D eigenvalue weighted by Crippen LogP contribution is 2.15. The van der Waals surface area contributed by atoms with Gasteiger partial charge < -0.3 is 15.7 Å². The number of hydrogen-bond donors (Lipinski definition) is 3. The fraction of sp³-hybridized carbons (Fsp3) is 0.588. The van der Waals surface area contributed by atoms with Crippen LogP contribution in [0.2, 0.25) is 0 Å². The van der Waals surface area contributed by atoms with Crippen LogP contribution in [-0.2, 0) is 10.0 Å². The van der Waals surface area contributed by atoms with E-state index in [-0.39, 0.29) is 29.7 Å². The number of rotatable bonds is 8. The number of aliphatic imine (C=N–C) groups is 1. The number of benzene rings is 1. The predicted molar refractivity (Wildman–Crippen MR) is 115 cm³/mol. The second-order valence-corrected chi connectivity index (χ2v) is 8.06. The number of guanidine groups is 1. The van der Waals surface area contributed by atoms with Crippen molar-refractivity contribution in [2.24, 2.45) is 4.99 Å². The normalized spacial score (nSPS) is 18.2. The Bertz CT molecular complexity index is 655. The number of nitrogens with one attached hydrogen (secondary N) is 2. The Morgan fingerprint density at radius 2 is 2.04 bits per heavy atom. The molecule has 0 aliphatic carbocycles. The molecule has 2 rings (SSSR count). The van der Waals surface area contributed by atoms with E-state index in [1.165, 1.54) is 4.31 Å². The first-order valence-electron chi connectivity index (χ1n) is 8.76. The summed E-state index contributed by atoms with van der Waals surface area (Å²) in [7, 11) is -3.06. The van der Waals surface area contributed by atoms with Crippen molar-refractivity contribution < 1.29 is 13.5 Å². The third-order valence-electron chi connectivity index (χ3n) is 4.06. The molecule has 1 unspecified atom stereocenters. The molecule has 0 radical (unpaired) electrons. The molecular weight excluding hydrogens is 467 g/mol. The standard InChI is InChI=1S/C17H28N4O3S.HI/c1-2-18-17(20-11-13-21-12-6-14-25(21,23)24)19-10-9-16(22)15-7-4-3-5-8-15;/h3-5,7-8,16,22H,2,6,9-14H2,1H3,(H2,18,19,20);1H. The molecule has 9 heteroatoms. The number of sulfonamides is 1. The summed E-state index contributed by atoms with van der Waals surface area (Å²) in [5.41, 5.74) is 0.884. The molecule has 0 spiro atoms. The summed E-state index contributed by atoms with van der Waals surface area (Å²) in [6, 6.07) is 9.52. The van der Waals surface area contributed by atoms with E-state index in [4.69, 9.17) is 0 Å². The Morgan fingerprint density at radius 1 is 1.31 bits per heavy atom. The van der Waals surface area contributed by atoms with Gasteiger partial charge in [0.15, 0.2) is 5.96 Å². The van der Waals surface area contributed by atoms with Crippen LogP contribution in [-0.4, -0.2) is 62.3 Å². The van der Waals surface area contributed by atoms with E-state index in [1.807, 2.05) is 37.3 Å². The van der Waals surface area contributed by atoms with Gasteiger partial charge in [-0.25, -0.2) is 12.7 Å². The highest BCUT2D eigenvalue weighted by atomic mass is 127. The molecule has 1 aliphatic rings. The van der Waals surface area contributed by atoms with Crippen molar-refractivity contribution in [1.82, 2.24) is 14.9 Å². The molecule has 1 aromatic carbocycles. The lowest BCUT2D eigenvalue weighted by Crippen LogP contribution is -2.42. The first kappa shape index (κ1) is 23.1. The number of aliphatic hydroxyl groups excluding tert-OH is 1. The summed E-state index contributed by atoms with van der Waals surface area (Å²) in [4.78, 5) is 4.45. The Balaban J connectivity index is 0.00000338.